The number of unbranched alkanes of at least 4 members (excludes halogenated alkanes) is 1. The molecule has 1 heterocycles. The van der Waals surface area contributed by atoms with Crippen molar-refractivity contribution < 1.29 is 14.3 Å². The van der Waals surface area contributed by atoms with Crippen molar-refractivity contribution in [1.29, 1.82) is 0 Å². The number of nitrogens with zero attached hydrogens (tertiary/aromatic N) is 1. The molecule has 0 spiro atoms. The van der Waals surface area contributed by atoms with Crippen LogP contribution in [0.5, 0.6) is 17.4 Å². The van der Waals surface area contributed by atoms with Crippen molar-refractivity contribution in [2.24, 2.45) is 5.73 Å². The fraction of sp³-hybridized carbons (Fsp3) is 0.308. The van der Waals surface area contributed by atoms with Crippen LogP contribution in [0.1, 0.15) is 39.2 Å². The standard InChI is InChI=1S/C26H32N4O3/c1-26(2,3)21-9-4-5-11-23(21)33-24-22(10-8-17-28-24)30-25(31)29-19-12-14-20(15-13-19)32-18-7-6-16-27/h4-5,8-15,17H,6-7,16,18,27H2,1-3H3,(H2,29,30,31). The molecular formula is C26H32N4O3. The van der Waals surface area contributed by atoms with Crippen LogP contribution >= 0.6 is 0 Å². The van der Waals surface area contributed by atoms with Gasteiger partial charge < -0.3 is 25.8 Å². The van der Waals surface area contributed by atoms with E-state index in [1.807, 2.05) is 36.4 Å². The first kappa shape index (κ1) is 24.1. The number of hydrogen-bond acceptors (Lipinski definition) is 5. The second-order valence-electron chi connectivity index (χ2n) is 8.65. The summed E-state index contributed by atoms with van der Waals surface area (Å²) >= 11 is 0. The molecule has 0 atom stereocenters. The number of ether oxygens (including phenoxy) is 2. The van der Waals surface area contributed by atoms with Crippen molar-refractivity contribution >= 4 is 17.4 Å². The van der Waals surface area contributed by atoms with Gasteiger partial charge in [-0.3, -0.25) is 0 Å². The predicted molar refractivity (Wildman–Crippen MR) is 132 cm³/mol. The molecule has 0 saturated carbocycles. The number of urea groups is 1. The highest BCUT2D eigenvalue weighted by atomic mass is 16.5. The lowest BCUT2D eigenvalue weighted by Crippen LogP contribution is -2.20. The Kier molecular flexibility index (Phi) is 8.27. The molecule has 2 aromatic carbocycles. The van der Waals surface area contributed by atoms with E-state index in [4.69, 9.17) is 15.2 Å². The summed E-state index contributed by atoms with van der Waals surface area (Å²) in [5, 5.41) is 5.64. The van der Waals surface area contributed by atoms with Crippen molar-refractivity contribution in [2.75, 3.05) is 23.8 Å². The van der Waals surface area contributed by atoms with Gasteiger partial charge in [0.05, 0.1) is 6.61 Å². The third-order valence-electron chi connectivity index (χ3n) is 4.90. The number of nitrogens with two attached hydrogens (primary N) is 1. The molecule has 7 nitrogen and oxygen atoms in total. The molecule has 3 rings (SSSR count). The number of rotatable bonds is 9. The Bertz CT molecular complexity index is 1050. The third-order valence-corrected chi connectivity index (χ3v) is 4.90. The molecule has 0 bridgehead atoms. The summed E-state index contributed by atoms with van der Waals surface area (Å²) in [6.07, 6.45) is 3.47. The molecule has 0 radical (unpaired) electrons. The maximum Gasteiger partial charge on any atom is 0.323 e. The fourth-order valence-electron chi connectivity index (χ4n) is 3.20. The van der Waals surface area contributed by atoms with Gasteiger partial charge in [0.25, 0.3) is 0 Å². The monoisotopic (exact) mass is 448 g/mol. The van der Waals surface area contributed by atoms with Crippen molar-refractivity contribution in [2.45, 2.75) is 39.0 Å². The van der Waals surface area contributed by atoms with Crippen LogP contribution in [0.2, 0.25) is 0 Å². The maximum atomic E-state index is 12.6. The van der Waals surface area contributed by atoms with Gasteiger partial charge in [0.1, 0.15) is 17.2 Å². The van der Waals surface area contributed by atoms with Crippen LogP contribution in [-0.4, -0.2) is 24.2 Å². The van der Waals surface area contributed by atoms with Gasteiger partial charge >= 0.3 is 6.03 Å². The van der Waals surface area contributed by atoms with Gasteiger partial charge in [-0.15, -0.1) is 0 Å². The molecule has 7 heteroatoms. The molecule has 33 heavy (non-hydrogen) atoms. The molecule has 0 saturated heterocycles. The number of carbonyl (C=O) groups is 1. The first-order valence-corrected chi connectivity index (χ1v) is 11.1. The fourth-order valence-corrected chi connectivity index (χ4v) is 3.20. The molecule has 0 fully saturated rings. The Hall–Kier alpha value is -3.58. The van der Waals surface area contributed by atoms with E-state index in [9.17, 15) is 4.79 Å². The van der Waals surface area contributed by atoms with Gasteiger partial charge in [0, 0.05) is 17.4 Å². The zero-order valence-electron chi connectivity index (χ0n) is 19.4. The number of anilines is 2. The van der Waals surface area contributed by atoms with E-state index >= 15 is 0 Å². The van der Waals surface area contributed by atoms with Gasteiger partial charge in [-0.1, -0.05) is 39.0 Å². The first-order valence-electron chi connectivity index (χ1n) is 11.1. The summed E-state index contributed by atoms with van der Waals surface area (Å²) < 4.78 is 11.8. The lowest BCUT2D eigenvalue weighted by Gasteiger charge is -2.22. The van der Waals surface area contributed by atoms with E-state index in [1.165, 1.54) is 0 Å². The minimum Gasteiger partial charge on any atom is -0.494 e. The Labute approximate surface area is 195 Å². The van der Waals surface area contributed by atoms with E-state index in [0.29, 0.717) is 36.2 Å². The number of carbonyl (C=O) groups excluding carboxylic acids is 1. The van der Waals surface area contributed by atoms with Crippen molar-refractivity contribution in [3.05, 3.63) is 72.4 Å². The topological polar surface area (TPSA) is 98.5 Å². The van der Waals surface area contributed by atoms with Gasteiger partial charge in [0.2, 0.25) is 5.88 Å². The molecule has 0 unspecified atom stereocenters. The predicted octanol–water partition coefficient (Wildman–Crippen LogP) is 5.93. The van der Waals surface area contributed by atoms with Crippen molar-refractivity contribution in [3.63, 3.8) is 0 Å². The molecule has 2 amide bonds. The largest absolute Gasteiger partial charge is 0.494 e. The van der Waals surface area contributed by atoms with Gasteiger partial charge in [-0.25, -0.2) is 9.78 Å². The van der Waals surface area contributed by atoms with Crippen LogP contribution < -0.4 is 25.8 Å². The molecule has 0 aliphatic heterocycles. The molecule has 0 aliphatic rings. The van der Waals surface area contributed by atoms with Gasteiger partial charge in [-0.2, -0.15) is 0 Å². The number of aromatic nitrogens is 1. The summed E-state index contributed by atoms with van der Waals surface area (Å²) in [4.78, 5) is 16.9. The Morgan fingerprint density at radius 3 is 2.45 bits per heavy atom. The lowest BCUT2D eigenvalue weighted by atomic mass is 9.86. The van der Waals surface area contributed by atoms with E-state index in [-0.39, 0.29) is 5.41 Å². The first-order chi connectivity index (χ1) is 15.9. The number of benzene rings is 2. The van der Waals surface area contributed by atoms with Crippen LogP contribution in [0.15, 0.2) is 66.9 Å². The van der Waals surface area contributed by atoms with Crippen molar-refractivity contribution in [1.82, 2.24) is 4.98 Å². The van der Waals surface area contributed by atoms with Gasteiger partial charge in [-0.05, 0) is 67.3 Å². The second-order valence-corrected chi connectivity index (χ2v) is 8.65. The Balaban J connectivity index is 1.64. The number of pyridine rings is 1. The quantitative estimate of drug-likeness (QED) is 0.352. The van der Waals surface area contributed by atoms with Crippen LogP contribution in [0, 0.1) is 0 Å². The Morgan fingerprint density at radius 2 is 1.73 bits per heavy atom. The summed E-state index contributed by atoms with van der Waals surface area (Å²) in [7, 11) is 0. The van der Waals surface area contributed by atoms with Crippen LogP contribution in [0.4, 0.5) is 16.2 Å². The summed E-state index contributed by atoms with van der Waals surface area (Å²) in [6.45, 7) is 7.64. The van der Waals surface area contributed by atoms with Crippen LogP contribution in [-0.2, 0) is 5.41 Å². The van der Waals surface area contributed by atoms with Crippen LogP contribution in [0.3, 0.4) is 0 Å². The highest BCUT2D eigenvalue weighted by molar-refractivity contribution is 6.00. The summed E-state index contributed by atoms with van der Waals surface area (Å²) in [5.74, 6) is 1.78. The molecule has 3 aromatic rings. The zero-order valence-corrected chi connectivity index (χ0v) is 19.4. The number of amides is 2. The Morgan fingerprint density at radius 1 is 0.970 bits per heavy atom. The van der Waals surface area contributed by atoms with E-state index in [0.717, 1.165) is 24.2 Å². The lowest BCUT2D eigenvalue weighted by molar-refractivity contribution is 0.262. The number of hydrogen-bond donors (Lipinski definition) is 3. The summed E-state index contributed by atoms with van der Waals surface area (Å²) in [6, 6.07) is 18.1. The highest BCUT2D eigenvalue weighted by Crippen LogP contribution is 2.35. The minimum absolute atomic E-state index is 0.101. The number of para-hydroxylation sites is 1. The normalized spacial score (nSPS) is 11.0. The van der Waals surface area contributed by atoms with Gasteiger partial charge in [0.15, 0.2) is 0 Å². The smallest absolute Gasteiger partial charge is 0.323 e. The average Bonchev–Trinajstić information content (AvgIpc) is 2.79. The average molecular weight is 449 g/mol. The minimum atomic E-state index is -0.395. The SMILES string of the molecule is CC(C)(C)c1ccccc1Oc1ncccc1NC(=O)Nc1ccc(OCCCCN)cc1. The van der Waals surface area contributed by atoms with Crippen molar-refractivity contribution in [3.8, 4) is 17.4 Å². The number of nitrogens with one attached hydrogen (secondary N) is 2. The highest BCUT2D eigenvalue weighted by Gasteiger charge is 2.20. The molecule has 0 aliphatic carbocycles. The summed E-state index contributed by atoms with van der Waals surface area (Å²) in [5.41, 5.74) is 7.55. The molecule has 174 valence electrons. The van der Waals surface area contributed by atoms with E-state index in [2.05, 4.69) is 36.4 Å². The molecular weight excluding hydrogens is 416 g/mol. The van der Waals surface area contributed by atoms with Crippen LogP contribution in [0.25, 0.3) is 0 Å². The molecule has 4 N–H and O–H groups in total. The third kappa shape index (κ3) is 7.22. The maximum absolute atomic E-state index is 12.6. The molecule has 1 aromatic heterocycles. The van der Waals surface area contributed by atoms with E-state index in [1.54, 1.807) is 30.5 Å². The van der Waals surface area contributed by atoms with E-state index < -0.39 is 6.03 Å². The second kappa shape index (κ2) is 11.3. The zero-order chi connectivity index (χ0) is 23.7.